The average molecular weight is 335 g/mol. The van der Waals surface area contributed by atoms with Crippen LogP contribution in [0.3, 0.4) is 0 Å². The lowest BCUT2D eigenvalue weighted by Crippen LogP contribution is -2.17. The summed E-state index contributed by atoms with van der Waals surface area (Å²) in [6.07, 6.45) is 1.62. The molecule has 0 fully saturated rings. The van der Waals surface area contributed by atoms with Crippen LogP contribution in [0.15, 0.2) is 57.7 Å². The quantitative estimate of drug-likeness (QED) is 0.608. The van der Waals surface area contributed by atoms with Crippen molar-refractivity contribution >= 4 is 22.8 Å². The molecule has 0 aliphatic heterocycles. The van der Waals surface area contributed by atoms with Crippen molar-refractivity contribution in [1.82, 2.24) is 9.72 Å². The van der Waals surface area contributed by atoms with Gasteiger partial charge in [-0.15, -0.1) is 0 Å². The van der Waals surface area contributed by atoms with Crippen molar-refractivity contribution in [2.24, 2.45) is 0 Å². The molecule has 0 bridgehead atoms. The van der Waals surface area contributed by atoms with Gasteiger partial charge in [0.1, 0.15) is 11.5 Å². The first-order valence-electron chi connectivity index (χ1n) is 7.97. The molecule has 6 nitrogen and oxygen atoms in total. The zero-order valence-electron chi connectivity index (χ0n) is 13.9. The maximum absolute atomic E-state index is 12.7. The number of rotatable bonds is 4. The van der Waals surface area contributed by atoms with Crippen LogP contribution < -0.4 is 5.32 Å². The Balaban J connectivity index is 1.69. The number of aryl methyl sites for hydroxylation is 2. The van der Waals surface area contributed by atoms with Crippen LogP contribution >= 0.6 is 0 Å². The third-order valence-electron chi connectivity index (χ3n) is 4.09. The van der Waals surface area contributed by atoms with E-state index in [4.69, 9.17) is 8.94 Å². The third-order valence-corrected chi connectivity index (χ3v) is 4.09. The summed E-state index contributed by atoms with van der Waals surface area (Å²) in [5.74, 6) is 0.771. The van der Waals surface area contributed by atoms with Gasteiger partial charge in [-0.2, -0.15) is 0 Å². The van der Waals surface area contributed by atoms with Crippen LogP contribution in [0.1, 0.15) is 27.4 Å². The number of carbonyl (C=O) groups excluding carboxylic acids is 1. The Labute approximate surface area is 144 Å². The minimum absolute atomic E-state index is 0.258. The van der Waals surface area contributed by atoms with Crippen molar-refractivity contribution in [3.63, 3.8) is 0 Å². The first-order chi connectivity index (χ1) is 12.1. The lowest BCUT2D eigenvalue weighted by molar-refractivity contribution is 0.101. The van der Waals surface area contributed by atoms with Crippen molar-refractivity contribution in [3.8, 4) is 0 Å². The summed E-state index contributed by atoms with van der Waals surface area (Å²) in [5.41, 5.74) is 4.37. The second-order valence-electron chi connectivity index (χ2n) is 6.05. The number of fused-ring (bicyclic) bond motifs is 1. The highest BCUT2D eigenvalue weighted by Gasteiger charge is 2.19. The van der Waals surface area contributed by atoms with Gasteiger partial charge in [0.15, 0.2) is 11.4 Å². The number of nitrogens with zero attached hydrogens (tertiary/aromatic N) is 2. The lowest BCUT2D eigenvalue weighted by atomic mass is 10.1. The molecule has 1 amide bonds. The fourth-order valence-electron chi connectivity index (χ4n) is 2.82. The van der Waals surface area contributed by atoms with E-state index in [-0.39, 0.29) is 5.91 Å². The summed E-state index contributed by atoms with van der Waals surface area (Å²) in [5, 5.41) is 6.57. The smallest absolute Gasteiger partial charge is 0.273 e. The molecule has 0 spiro atoms. The number of anilines is 1. The number of furan rings is 1. The molecule has 0 radical (unpaired) electrons. The molecule has 0 saturated carbocycles. The minimum Gasteiger partial charge on any atom is -0.463 e. The van der Waals surface area contributed by atoms with E-state index in [2.05, 4.69) is 34.7 Å². The van der Waals surface area contributed by atoms with Crippen molar-refractivity contribution in [1.29, 1.82) is 0 Å². The molecule has 1 N–H and O–H groups in total. The van der Waals surface area contributed by atoms with E-state index in [0.29, 0.717) is 29.4 Å². The molecule has 126 valence electrons. The summed E-state index contributed by atoms with van der Waals surface area (Å²) >= 11 is 0. The Morgan fingerprint density at radius 2 is 1.96 bits per heavy atom. The van der Waals surface area contributed by atoms with E-state index >= 15 is 0 Å². The summed E-state index contributed by atoms with van der Waals surface area (Å²) in [6.45, 7) is 4.40. The summed E-state index contributed by atoms with van der Waals surface area (Å²) in [7, 11) is 0. The predicted octanol–water partition coefficient (Wildman–Crippen LogP) is 4.14. The summed E-state index contributed by atoms with van der Waals surface area (Å²) in [6, 6.07) is 13.5. The number of nitrogens with one attached hydrogen (secondary N) is 1. The Kier molecular flexibility index (Phi) is 3.65. The van der Waals surface area contributed by atoms with Gasteiger partial charge < -0.3 is 18.8 Å². The first-order valence-corrected chi connectivity index (χ1v) is 7.97. The molecule has 6 heteroatoms. The maximum atomic E-state index is 12.7. The van der Waals surface area contributed by atoms with Crippen LogP contribution in [0.2, 0.25) is 0 Å². The number of aromatic nitrogens is 2. The number of carbonyl (C=O) groups is 1. The highest BCUT2D eigenvalue weighted by molar-refractivity contribution is 6.05. The van der Waals surface area contributed by atoms with Crippen LogP contribution in [0.5, 0.6) is 0 Å². The van der Waals surface area contributed by atoms with E-state index in [1.807, 2.05) is 17.6 Å². The lowest BCUT2D eigenvalue weighted by Gasteiger charge is -2.10. The second kappa shape index (κ2) is 5.98. The topological polar surface area (TPSA) is 73.2 Å². The van der Waals surface area contributed by atoms with Gasteiger partial charge in [0.05, 0.1) is 11.8 Å². The largest absolute Gasteiger partial charge is 0.463 e. The average Bonchev–Trinajstić information content (AvgIpc) is 3.27. The molecule has 0 saturated heterocycles. The van der Waals surface area contributed by atoms with Gasteiger partial charge in [0.25, 0.3) is 5.91 Å². The maximum Gasteiger partial charge on any atom is 0.273 e. The van der Waals surface area contributed by atoms with Crippen LogP contribution in [0.25, 0.3) is 11.1 Å². The minimum atomic E-state index is -0.258. The summed E-state index contributed by atoms with van der Waals surface area (Å²) < 4.78 is 12.4. The van der Waals surface area contributed by atoms with E-state index in [1.54, 1.807) is 25.3 Å². The molecular formula is C19H17N3O3. The molecule has 3 heterocycles. The molecule has 0 aliphatic carbocycles. The monoisotopic (exact) mass is 335 g/mol. The fourth-order valence-corrected chi connectivity index (χ4v) is 2.82. The molecule has 4 rings (SSSR count). The SMILES string of the molecule is Cc1ccc(Cn2c(C(=O)Nc3cc(C)on3)cc3occc32)cc1. The van der Waals surface area contributed by atoms with Crippen molar-refractivity contribution in [3.05, 3.63) is 71.3 Å². The van der Waals surface area contributed by atoms with E-state index in [9.17, 15) is 4.79 Å². The van der Waals surface area contributed by atoms with Gasteiger partial charge in [-0.1, -0.05) is 35.0 Å². The highest BCUT2D eigenvalue weighted by atomic mass is 16.5. The number of hydrogen-bond acceptors (Lipinski definition) is 4. The van der Waals surface area contributed by atoms with Crippen molar-refractivity contribution in [2.45, 2.75) is 20.4 Å². The molecular weight excluding hydrogens is 318 g/mol. The Morgan fingerprint density at radius 3 is 2.68 bits per heavy atom. The Hall–Kier alpha value is -3.28. The van der Waals surface area contributed by atoms with Crippen LogP contribution in [0.4, 0.5) is 5.82 Å². The first kappa shape index (κ1) is 15.3. The number of hydrogen-bond donors (Lipinski definition) is 1. The van der Waals surface area contributed by atoms with Gasteiger partial charge in [-0.25, -0.2) is 0 Å². The zero-order valence-corrected chi connectivity index (χ0v) is 13.9. The molecule has 4 aromatic rings. The molecule has 0 unspecified atom stereocenters. The molecule has 25 heavy (non-hydrogen) atoms. The van der Waals surface area contributed by atoms with Crippen LogP contribution in [-0.2, 0) is 6.54 Å². The van der Waals surface area contributed by atoms with Gasteiger partial charge in [-0.3, -0.25) is 4.79 Å². The molecule has 0 aliphatic rings. The van der Waals surface area contributed by atoms with Crippen molar-refractivity contribution < 1.29 is 13.7 Å². The van der Waals surface area contributed by atoms with E-state index < -0.39 is 0 Å². The van der Waals surface area contributed by atoms with Gasteiger partial charge in [0, 0.05) is 24.7 Å². The van der Waals surface area contributed by atoms with Crippen molar-refractivity contribution in [2.75, 3.05) is 5.32 Å². The molecule has 1 aromatic carbocycles. The van der Waals surface area contributed by atoms with E-state index in [1.165, 1.54) is 5.56 Å². The van der Waals surface area contributed by atoms with Crippen LogP contribution in [-0.4, -0.2) is 15.6 Å². The predicted molar refractivity (Wildman–Crippen MR) is 93.7 cm³/mol. The number of amides is 1. The standard InChI is InChI=1S/C19H17N3O3/c1-12-3-5-14(6-4-12)11-22-15-7-8-24-17(15)10-16(22)19(23)20-18-9-13(2)25-21-18/h3-10H,11H2,1-2H3,(H,20,21,23). The van der Waals surface area contributed by atoms with Gasteiger partial charge in [0.2, 0.25) is 0 Å². The number of benzene rings is 1. The van der Waals surface area contributed by atoms with E-state index in [0.717, 1.165) is 11.1 Å². The summed E-state index contributed by atoms with van der Waals surface area (Å²) in [4.78, 5) is 12.7. The molecule has 0 atom stereocenters. The zero-order chi connectivity index (χ0) is 17.4. The normalized spacial score (nSPS) is 11.1. The fraction of sp³-hybridized carbons (Fsp3) is 0.158. The molecule has 3 aromatic heterocycles. The second-order valence-corrected chi connectivity index (χ2v) is 6.05. The van der Waals surface area contributed by atoms with Gasteiger partial charge in [-0.05, 0) is 19.4 Å². The third kappa shape index (κ3) is 2.94. The van der Waals surface area contributed by atoms with Gasteiger partial charge >= 0.3 is 0 Å². The van der Waals surface area contributed by atoms with Crippen LogP contribution in [0, 0.1) is 13.8 Å². The Morgan fingerprint density at radius 1 is 1.16 bits per heavy atom. The Bertz CT molecular complexity index is 1040. The highest BCUT2D eigenvalue weighted by Crippen LogP contribution is 2.23.